The van der Waals surface area contributed by atoms with Gasteiger partial charge < -0.3 is 19.7 Å². The monoisotopic (exact) mass is 444 g/mol. The molecule has 0 bridgehead atoms. The molecule has 8 heteroatoms. The number of fused-ring (bicyclic) bond motifs is 1. The van der Waals surface area contributed by atoms with Gasteiger partial charge in [0.15, 0.2) is 6.79 Å². The highest BCUT2D eigenvalue weighted by Crippen LogP contribution is 2.29. The molecule has 6 nitrogen and oxygen atoms in total. The Morgan fingerprint density at radius 3 is 2.65 bits per heavy atom. The molecule has 31 heavy (non-hydrogen) atoms. The van der Waals surface area contributed by atoms with Crippen LogP contribution in [0.25, 0.3) is 10.9 Å². The second kappa shape index (κ2) is 9.77. The number of halogens is 2. The van der Waals surface area contributed by atoms with Crippen LogP contribution in [0.1, 0.15) is 25.7 Å². The van der Waals surface area contributed by atoms with E-state index in [1.807, 2.05) is 18.2 Å². The van der Waals surface area contributed by atoms with Crippen LogP contribution in [0.4, 0.5) is 15.9 Å². The van der Waals surface area contributed by atoms with Gasteiger partial charge in [0.1, 0.15) is 23.7 Å². The first kappa shape index (κ1) is 21.7. The van der Waals surface area contributed by atoms with E-state index < -0.39 is 5.82 Å². The summed E-state index contributed by atoms with van der Waals surface area (Å²) in [5.74, 6) is 0.788. The minimum atomic E-state index is -0.467. The number of rotatable bonds is 7. The van der Waals surface area contributed by atoms with Crippen molar-refractivity contribution < 1.29 is 13.9 Å². The van der Waals surface area contributed by atoms with Crippen LogP contribution in [0.2, 0.25) is 5.02 Å². The number of nitrogens with one attached hydrogen (secondary N) is 1. The maximum atomic E-state index is 13.4. The van der Waals surface area contributed by atoms with Gasteiger partial charge in [-0.05, 0) is 76.2 Å². The second-order valence-corrected chi connectivity index (χ2v) is 8.39. The topological polar surface area (TPSA) is 59.5 Å². The van der Waals surface area contributed by atoms with E-state index in [1.54, 1.807) is 6.07 Å². The number of anilines is 2. The van der Waals surface area contributed by atoms with Gasteiger partial charge in [-0.2, -0.15) is 0 Å². The number of nitrogens with zero attached hydrogens (tertiary/aromatic N) is 3. The van der Waals surface area contributed by atoms with Crippen LogP contribution >= 0.6 is 11.6 Å². The third kappa shape index (κ3) is 5.42. The highest BCUT2D eigenvalue weighted by Gasteiger charge is 2.22. The van der Waals surface area contributed by atoms with Crippen LogP contribution in [0.5, 0.6) is 5.75 Å². The molecule has 0 radical (unpaired) electrons. The fraction of sp³-hybridized carbons (Fsp3) is 0.391. The maximum Gasteiger partial charge on any atom is 0.189 e. The minimum absolute atomic E-state index is 0.0455. The summed E-state index contributed by atoms with van der Waals surface area (Å²) in [7, 11) is 4.26. The van der Waals surface area contributed by atoms with Crippen molar-refractivity contribution in [3.63, 3.8) is 0 Å². The lowest BCUT2D eigenvalue weighted by Gasteiger charge is -2.32. The van der Waals surface area contributed by atoms with E-state index in [1.165, 1.54) is 18.5 Å². The van der Waals surface area contributed by atoms with Gasteiger partial charge in [0.05, 0.1) is 16.6 Å². The Kier molecular flexibility index (Phi) is 6.85. The second-order valence-electron chi connectivity index (χ2n) is 7.98. The van der Waals surface area contributed by atoms with E-state index in [0.717, 1.165) is 36.6 Å². The lowest BCUT2D eigenvalue weighted by molar-refractivity contribution is -0.0564. The molecule has 0 amide bonds. The van der Waals surface area contributed by atoms with Gasteiger partial charge >= 0.3 is 0 Å². The summed E-state index contributed by atoms with van der Waals surface area (Å²) in [5, 5.41) is 4.00. The molecule has 1 heterocycles. The summed E-state index contributed by atoms with van der Waals surface area (Å²) in [6.07, 6.45) is 6.10. The van der Waals surface area contributed by atoms with Crippen molar-refractivity contribution in [3.8, 4) is 5.75 Å². The average molecular weight is 445 g/mol. The zero-order valence-electron chi connectivity index (χ0n) is 17.6. The van der Waals surface area contributed by atoms with Crippen LogP contribution in [0.15, 0.2) is 42.7 Å². The van der Waals surface area contributed by atoms with Crippen molar-refractivity contribution in [2.45, 2.75) is 37.8 Å². The molecular formula is C23H26ClFN4O2. The zero-order valence-corrected chi connectivity index (χ0v) is 18.4. The SMILES string of the molecule is CN(C)C1CCC(OCOc2ccc3ncnc(Nc4ccc(F)c(Cl)c4)c3c2)CC1. The maximum absolute atomic E-state index is 13.4. The van der Waals surface area contributed by atoms with Gasteiger partial charge in [0.25, 0.3) is 0 Å². The van der Waals surface area contributed by atoms with Crippen molar-refractivity contribution in [1.82, 2.24) is 14.9 Å². The Morgan fingerprint density at radius 2 is 1.90 bits per heavy atom. The smallest absolute Gasteiger partial charge is 0.189 e. The molecule has 1 saturated carbocycles. The van der Waals surface area contributed by atoms with Crippen molar-refractivity contribution in [1.29, 1.82) is 0 Å². The van der Waals surface area contributed by atoms with Crippen molar-refractivity contribution >= 4 is 34.0 Å². The largest absolute Gasteiger partial charge is 0.468 e. The molecule has 3 aromatic rings. The number of hydrogen-bond acceptors (Lipinski definition) is 6. The first-order valence-corrected chi connectivity index (χ1v) is 10.7. The van der Waals surface area contributed by atoms with E-state index in [9.17, 15) is 4.39 Å². The van der Waals surface area contributed by atoms with Crippen LogP contribution in [-0.2, 0) is 4.74 Å². The van der Waals surface area contributed by atoms with Crippen LogP contribution in [0, 0.1) is 5.82 Å². The third-order valence-electron chi connectivity index (χ3n) is 5.69. The first-order valence-electron chi connectivity index (χ1n) is 10.4. The van der Waals surface area contributed by atoms with Gasteiger partial charge in [0.2, 0.25) is 0 Å². The molecule has 2 aromatic carbocycles. The first-order chi connectivity index (χ1) is 15.0. The molecule has 1 fully saturated rings. The van der Waals surface area contributed by atoms with Crippen LogP contribution in [-0.4, -0.2) is 47.9 Å². The van der Waals surface area contributed by atoms with Crippen molar-refractivity contribution in [3.05, 3.63) is 53.6 Å². The average Bonchev–Trinajstić information content (AvgIpc) is 2.77. The van der Waals surface area contributed by atoms with Crippen LogP contribution < -0.4 is 10.1 Å². The van der Waals surface area contributed by atoms with Gasteiger partial charge in [0, 0.05) is 17.1 Å². The molecule has 0 atom stereocenters. The molecule has 0 unspecified atom stereocenters. The molecular weight excluding hydrogens is 419 g/mol. The zero-order chi connectivity index (χ0) is 21.8. The van der Waals surface area contributed by atoms with E-state index >= 15 is 0 Å². The standard InChI is InChI=1S/C23H26ClFN4O2/c1-29(2)16-4-6-17(7-5-16)30-14-31-18-8-10-22-19(12-18)23(27-13-26-22)28-15-3-9-21(25)20(24)11-15/h3,8-13,16-17H,4-7,14H2,1-2H3,(H,26,27,28). The van der Waals surface area contributed by atoms with Crippen molar-refractivity contribution in [2.75, 3.05) is 26.2 Å². The van der Waals surface area contributed by atoms with E-state index in [-0.39, 0.29) is 17.9 Å². The lowest BCUT2D eigenvalue weighted by atomic mass is 9.92. The predicted octanol–water partition coefficient (Wildman–Crippen LogP) is 5.39. The Hall–Kier alpha value is -2.48. The van der Waals surface area contributed by atoms with Crippen LogP contribution in [0.3, 0.4) is 0 Å². The number of aromatic nitrogens is 2. The van der Waals surface area contributed by atoms with Gasteiger partial charge in [-0.1, -0.05) is 11.6 Å². The van der Waals surface area contributed by atoms with E-state index in [2.05, 4.69) is 34.3 Å². The molecule has 0 saturated heterocycles. The summed E-state index contributed by atoms with van der Waals surface area (Å²) in [5.41, 5.74) is 1.40. The Morgan fingerprint density at radius 1 is 1.10 bits per heavy atom. The molecule has 1 aromatic heterocycles. The summed E-state index contributed by atoms with van der Waals surface area (Å²) in [4.78, 5) is 10.9. The van der Waals surface area contributed by atoms with Gasteiger partial charge in [-0.25, -0.2) is 14.4 Å². The summed E-state index contributed by atoms with van der Waals surface area (Å²) in [6.45, 7) is 0.201. The predicted molar refractivity (Wildman–Crippen MR) is 121 cm³/mol. The highest BCUT2D eigenvalue weighted by atomic mass is 35.5. The Balaban J connectivity index is 1.40. The van der Waals surface area contributed by atoms with Gasteiger partial charge in [-0.3, -0.25) is 0 Å². The highest BCUT2D eigenvalue weighted by molar-refractivity contribution is 6.31. The van der Waals surface area contributed by atoms with Gasteiger partial charge in [-0.15, -0.1) is 0 Å². The number of benzene rings is 2. The number of ether oxygens (including phenoxy) is 2. The molecule has 164 valence electrons. The number of hydrogen-bond donors (Lipinski definition) is 1. The Bertz CT molecular complexity index is 1040. The van der Waals surface area contributed by atoms with Crippen molar-refractivity contribution in [2.24, 2.45) is 0 Å². The molecule has 0 aliphatic heterocycles. The minimum Gasteiger partial charge on any atom is -0.468 e. The normalized spacial score (nSPS) is 19.0. The molecule has 0 spiro atoms. The van der Waals surface area contributed by atoms with E-state index in [4.69, 9.17) is 21.1 Å². The quantitative estimate of drug-likeness (QED) is 0.493. The fourth-order valence-electron chi connectivity index (χ4n) is 3.86. The lowest BCUT2D eigenvalue weighted by Crippen LogP contribution is -2.34. The summed E-state index contributed by atoms with van der Waals surface area (Å²) in [6, 6.07) is 10.7. The Labute approximate surface area is 186 Å². The van der Waals surface area contributed by atoms with E-state index in [0.29, 0.717) is 23.3 Å². The summed E-state index contributed by atoms with van der Waals surface area (Å²) < 4.78 is 25.2. The molecule has 1 aliphatic carbocycles. The fourth-order valence-corrected chi connectivity index (χ4v) is 4.04. The third-order valence-corrected chi connectivity index (χ3v) is 5.98. The summed E-state index contributed by atoms with van der Waals surface area (Å²) >= 11 is 5.88. The molecule has 4 rings (SSSR count). The molecule has 1 N–H and O–H groups in total. The molecule has 1 aliphatic rings.